The van der Waals surface area contributed by atoms with Gasteiger partial charge >= 0.3 is 6.09 Å². The van der Waals surface area contributed by atoms with Crippen molar-refractivity contribution >= 4 is 14.4 Å². The van der Waals surface area contributed by atoms with Crippen molar-refractivity contribution in [2.75, 3.05) is 13.7 Å². The van der Waals surface area contributed by atoms with Crippen LogP contribution in [-0.4, -0.2) is 39.1 Å². The molecule has 0 aliphatic carbocycles. The molecule has 2 rings (SSSR count). The Balaban J connectivity index is 2.10. The van der Waals surface area contributed by atoms with Crippen LogP contribution in [0, 0.1) is 0 Å². The highest BCUT2D eigenvalue weighted by atomic mass is 28.4. The van der Waals surface area contributed by atoms with E-state index in [0.717, 1.165) is 5.76 Å². The van der Waals surface area contributed by atoms with Crippen LogP contribution >= 0.6 is 0 Å². The highest BCUT2D eigenvalue weighted by Crippen LogP contribution is 2.38. The van der Waals surface area contributed by atoms with Gasteiger partial charge in [0.2, 0.25) is 0 Å². The van der Waals surface area contributed by atoms with Gasteiger partial charge in [-0.1, -0.05) is 20.8 Å². The zero-order chi connectivity index (χ0) is 15.8. The standard InChI is InChI=1S/C15H25NO4Si/c1-15(2,3)21(5,6)19-10-12-13(11-8-7-9-18-11)16(4)14(17)20-12/h7-9,12-13H,10H2,1-6H3/t12-,13+/m1/s1. The Labute approximate surface area is 127 Å². The third-order valence-electron chi connectivity index (χ3n) is 4.56. The fraction of sp³-hybridized carbons (Fsp3) is 0.667. The first-order valence-electron chi connectivity index (χ1n) is 7.24. The number of rotatable bonds is 4. The van der Waals surface area contributed by atoms with E-state index in [1.54, 1.807) is 18.2 Å². The molecule has 2 atom stereocenters. The Morgan fingerprint density at radius 1 is 1.38 bits per heavy atom. The lowest BCUT2D eigenvalue weighted by Gasteiger charge is -2.37. The highest BCUT2D eigenvalue weighted by Gasteiger charge is 2.45. The maximum Gasteiger partial charge on any atom is 0.410 e. The number of furan rings is 1. The summed E-state index contributed by atoms with van der Waals surface area (Å²) in [5.74, 6) is 0.729. The first kappa shape index (κ1) is 16.1. The van der Waals surface area contributed by atoms with Gasteiger partial charge < -0.3 is 13.6 Å². The van der Waals surface area contributed by atoms with Crippen molar-refractivity contribution in [3.63, 3.8) is 0 Å². The second kappa shape index (κ2) is 5.49. The Morgan fingerprint density at radius 3 is 2.57 bits per heavy atom. The quantitative estimate of drug-likeness (QED) is 0.794. The average molecular weight is 311 g/mol. The van der Waals surface area contributed by atoms with Gasteiger partial charge in [0.15, 0.2) is 14.4 Å². The largest absolute Gasteiger partial charge is 0.467 e. The Morgan fingerprint density at radius 2 is 2.05 bits per heavy atom. The number of nitrogens with zero attached hydrogens (tertiary/aromatic N) is 1. The van der Waals surface area contributed by atoms with Crippen molar-refractivity contribution in [3.05, 3.63) is 24.2 Å². The summed E-state index contributed by atoms with van der Waals surface area (Å²) in [5.41, 5.74) is 0. The minimum absolute atomic E-state index is 0.127. The van der Waals surface area contributed by atoms with Gasteiger partial charge in [-0.25, -0.2) is 4.79 Å². The molecular formula is C15H25NO4Si. The number of carbonyl (C=O) groups excluding carboxylic acids is 1. The molecule has 1 aromatic rings. The van der Waals surface area contributed by atoms with E-state index in [1.807, 2.05) is 12.1 Å². The van der Waals surface area contributed by atoms with Gasteiger partial charge in [-0.2, -0.15) is 0 Å². The van der Waals surface area contributed by atoms with E-state index >= 15 is 0 Å². The number of hydrogen-bond acceptors (Lipinski definition) is 4. The molecule has 0 spiro atoms. The molecule has 0 aromatic carbocycles. The molecule has 1 saturated heterocycles. The van der Waals surface area contributed by atoms with E-state index in [0.29, 0.717) is 6.61 Å². The van der Waals surface area contributed by atoms with E-state index in [2.05, 4.69) is 33.9 Å². The van der Waals surface area contributed by atoms with Crippen molar-refractivity contribution in [1.29, 1.82) is 0 Å². The third-order valence-corrected chi connectivity index (χ3v) is 9.06. The van der Waals surface area contributed by atoms with Crippen LogP contribution < -0.4 is 0 Å². The number of likely N-dealkylation sites (N-methyl/N-ethyl adjacent to an activating group) is 1. The smallest absolute Gasteiger partial charge is 0.410 e. The summed E-state index contributed by atoms with van der Waals surface area (Å²) in [6.45, 7) is 11.4. The van der Waals surface area contributed by atoms with E-state index in [1.165, 1.54) is 0 Å². The van der Waals surface area contributed by atoms with E-state index in [9.17, 15) is 4.79 Å². The highest BCUT2D eigenvalue weighted by molar-refractivity contribution is 6.74. The van der Waals surface area contributed by atoms with Crippen LogP contribution in [0.5, 0.6) is 0 Å². The molecule has 0 saturated carbocycles. The number of ether oxygens (including phenoxy) is 1. The molecule has 2 heterocycles. The lowest BCUT2D eigenvalue weighted by Crippen LogP contribution is -2.43. The van der Waals surface area contributed by atoms with Crippen molar-refractivity contribution in [2.45, 2.75) is 51.0 Å². The topological polar surface area (TPSA) is 51.9 Å². The fourth-order valence-corrected chi connectivity index (χ4v) is 3.12. The molecule has 1 aliphatic heterocycles. The first-order chi connectivity index (χ1) is 9.63. The van der Waals surface area contributed by atoms with Crippen LogP contribution in [0.25, 0.3) is 0 Å². The van der Waals surface area contributed by atoms with Crippen LogP contribution in [0.15, 0.2) is 22.8 Å². The molecule has 0 unspecified atom stereocenters. The van der Waals surface area contributed by atoms with E-state index in [4.69, 9.17) is 13.6 Å². The summed E-state index contributed by atoms with van der Waals surface area (Å²) in [5, 5.41) is 0.127. The molecule has 1 amide bonds. The van der Waals surface area contributed by atoms with Crippen molar-refractivity contribution in [2.24, 2.45) is 0 Å². The fourth-order valence-electron chi connectivity index (χ4n) is 2.11. The number of cyclic esters (lactones) is 1. The van der Waals surface area contributed by atoms with Gasteiger partial charge in [0, 0.05) is 7.05 Å². The molecule has 0 N–H and O–H groups in total. The third kappa shape index (κ3) is 3.16. The van der Waals surface area contributed by atoms with Crippen LogP contribution in [-0.2, 0) is 9.16 Å². The van der Waals surface area contributed by atoms with E-state index in [-0.39, 0.29) is 23.3 Å². The normalized spacial score (nSPS) is 23.5. The Hall–Kier alpha value is -1.27. The monoisotopic (exact) mass is 311 g/mol. The van der Waals surface area contributed by atoms with Gasteiger partial charge in [-0.15, -0.1) is 0 Å². The summed E-state index contributed by atoms with van der Waals surface area (Å²) in [6, 6.07) is 3.46. The minimum atomic E-state index is -1.87. The summed E-state index contributed by atoms with van der Waals surface area (Å²) in [4.78, 5) is 13.4. The molecule has 118 valence electrons. The summed E-state index contributed by atoms with van der Waals surface area (Å²) >= 11 is 0. The zero-order valence-corrected chi connectivity index (χ0v) is 14.7. The molecule has 1 aliphatic rings. The van der Waals surface area contributed by atoms with Crippen LogP contribution in [0.1, 0.15) is 32.6 Å². The molecule has 21 heavy (non-hydrogen) atoms. The van der Waals surface area contributed by atoms with Gasteiger partial charge in [0.1, 0.15) is 11.8 Å². The summed E-state index contributed by atoms with van der Waals surface area (Å²) in [7, 11) is -0.147. The maximum absolute atomic E-state index is 11.8. The van der Waals surface area contributed by atoms with Crippen molar-refractivity contribution in [1.82, 2.24) is 4.90 Å². The van der Waals surface area contributed by atoms with Gasteiger partial charge in [-0.05, 0) is 30.3 Å². The average Bonchev–Trinajstić information content (AvgIpc) is 2.95. The molecule has 0 bridgehead atoms. The molecule has 0 radical (unpaired) electrons. The molecule has 6 heteroatoms. The lowest BCUT2D eigenvalue weighted by atomic mass is 10.1. The predicted molar refractivity (Wildman–Crippen MR) is 82.6 cm³/mol. The lowest BCUT2D eigenvalue weighted by molar-refractivity contribution is 0.0828. The molecular weight excluding hydrogens is 286 g/mol. The SMILES string of the molecule is CN1C(=O)O[C@H](CO[Si](C)(C)C(C)(C)C)[C@@H]1c1ccco1. The van der Waals surface area contributed by atoms with Crippen LogP contribution in [0.4, 0.5) is 4.79 Å². The molecule has 1 fully saturated rings. The van der Waals surface area contributed by atoms with Crippen molar-refractivity contribution in [3.8, 4) is 0 Å². The molecule has 1 aromatic heterocycles. The summed E-state index contributed by atoms with van der Waals surface area (Å²) < 4.78 is 17.1. The Bertz CT molecular complexity index is 492. The van der Waals surface area contributed by atoms with Gasteiger partial charge in [0.05, 0.1) is 12.9 Å². The second-order valence-corrected chi connectivity index (χ2v) is 11.9. The predicted octanol–water partition coefficient (Wildman–Crippen LogP) is 3.79. The zero-order valence-electron chi connectivity index (χ0n) is 13.7. The number of hydrogen-bond donors (Lipinski definition) is 0. The Kier molecular flexibility index (Phi) is 4.21. The van der Waals surface area contributed by atoms with E-state index < -0.39 is 8.32 Å². The van der Waals surface area contributed by atoms with Crippen LogP contribution in [0.3, 0.4) is 0 Å². The minimum Gasteiger partial charge on any atom is -0.467 e. The van der Waals surface area contributed by atoms with Gasteiger partial charge in [0.25, 0.3) is 0 Å². The van der Waals surface area contributed by atoms with Crippen LogP contribution in [0.2, 0.25) is 18.1 Å². The molecule has 5 nitrogen and oxygen atoms in total. The number of amides is 1. The van der Waals surface area contributed by atoms with Crippen molar-refractivity contribution < 1.29 is 18.4 Å². The summed E-state index contributed by atoms with van der Waals surface area (Å²) in [6.07, 6.45) is 0.945. The maximum atomic E-state index is 11.8. The first-order valence-corrected chi connectivity index (χ1v) is 10.1. The number of carbonyl (C=O) groups is 1. The second-order valence-electron chi connectivity index (χ2n) is 7.06. The van der Waals surface area contributed by atoms with Gasteiger partial charge in [-0.3, -0.25) is 4.90 Å².